The predicted molar refractivity (Wildman–Crippen MR) is 80.8 cm³/mol. The van der Waals surface area contributed by atoms with E-state index in [1.165, 1.54) is 24.6 Å². The lowest BCUT2D eigenvalue weighted by molar-refractivity contribution is -0.125. The van der Waals surface area contributed by atoms with Crippen molar-refractivity contribution < 1.29 is 18.7 Å². The molecule has 2 rings (SSSR count). The Kier molecular flexibility index (Phi) is 5.52. The molecule has 5 heteroatoms. The van der Waals surface area contributed by atoms with Crippen LogP contribution in [0.3, 0.4) is 0 Å². The fourth-order valence-corrected chi connectivity index (χ4v) is 2.86. The van der Waals surface area contributed by atoms with Gasteiger partial charge in [0.05, 0.1) is 5.56 Å². The first-order chi connectivity index (χ1) is 10.5. The summed E-state index contributed by atoms with van der Waals surface area (Å²) in [6.45, 7) is 3.98. The van der Waals surface area contributed by atoms with E-state index in [-0.39, 0.29) is 24.1 Å². The second-order valence-corrected chi connectivity index (χ2v) is 6.03. The van der Waals surface area contributed by atoms with Gasteiger partial charge in [-0.2, -0.15) is 0 Å². The van der Waals surface area contributed by atoms with Crippen LogP contribution in [0.25, 0.3) is 0 Å². The summed E-state index contributed by atoms with van der Waals surface area (Å²) in [5.41, 5.74) is 0.104. The Morgan fingerprint density at radius 3 is 2.82 bits per heavy atom. The maximum atomic E-state index is 13.0. The number of nitrogens with one attached hydrogen (secondary N) is 1. The van der Waals surface area contributed by atoms with E-state index in [4.69, 9.17) is 4.74 Å². The lowest BCUT2D eigenvalue weighted by atomic mass is 9.78. The molecule has 1 fully saturated rings. The monoisotopic (exact) mass is 307 g/mol. The summed E-state index contributed by atoms with van der Waals surface area (Å²) in [4.78, 5) is 23.6. The highest BCUT2D eigenvalue weighted by molar-refractivity contribution is 5.91. The molecule has 0 spiro atoms. The Hall–Kier alpha value is -1.91. The van der Waals surface area contributed by atoms with Gasteiger partial charge in [0.25, 0.3) is 5.91 Å². The SMILES string of the molecule is C[C@@H]1[C@@H](C)CCC[C@H]1NC(=O)COC(=O)c1cccc(F)c1. The van der Waals surface area contributed by atoms with Gasteiger partial charge in [0.2, 0.25) is 0 Å². The van der Waals surface area contributed by atoms with Gasteiger partial charge in [0.1, 0.15) is 5.82 Å². The molecule has 1 aliphatic rings. The van der Waals surface area contributed by atoms with Gasteiger partial charge in [0, 0.05) is 6.04 Å². The van der Waals surface area contributed by atoms with Crippen LogP contribution >= 0.6 is 0 Å². The van der Waals surface area contributed by atoms with Crippen LogP contribution in [0.15, 0.2) is 24.3 Å². The van der Waals surface area contributed by atoms with Gasteiger partial charge in [-0.05, 0) is 36.5 Å². The van der Waals surface area contributed by atoms with Gasteiger partial charge in [-0.15, -0.1) is 0 Å². The maximum absolute atomic E-state index is 13.0. The van der Waals surface area contributed by atoms with Crippen LogP contribution in [0.5, 0.6) is 0 Å². The molecule has 3 atom stereocenters. The van der Waals surface area contributed by atoms with Gasteiger partial charge in [-0.1, -0.05) is 32.8 Å². The lowest BCUT2D eigenvalue weighted by Gasteiger charge is -2.34. The Balaban J connectivity index is 1.81. The molecular weight excluding hydrogens is 285 g/mol. The first kappa shape index (κ1) is 16.5. The van der Waals surface area contributed by atoms with Crippen molar-refractivity contribution in [3.63, 3.8) is 0 Å². The number of ether oxygens (including phenoxy) is 1. The van der Waals surface area contributed by atoms with Crippen molar-refractivity contribution in [2.75, 3.05) is 6.61 Å². The van der Waals surface area contributed by atoms with Crippen molar-refractivity contribution in [1.29, 1.82) is 0 Å². The van der Waals surface area contributed by atoms with E-state index in [0.717, 1.165) is 18.9 Å². The third-order valence-corrected chi connectivity index (χ3v) is 4.45. The first-order valence-electron chi connectivity index (χ1n) is 7.69. The van der Waals surface area contributed by atoms with Crippen LogP contribution in [-0.4, -0.2) is 24.5 Å². The summed E-state index contributed by atoms with van der Waals surface area (Å²) in [5, 5.41) is 2.93. The number of halogens is 1. The molecule has 0 aliphatic heterocycles. The molecule has 1 N–H and O–H groups in total. The smallest absolute Gasteiger partial charge is 0.338 e. The molecule has 1 aromatic rings. The molecule has 1 aromatic carbocycles. The van der Waals surface area contributed by atoms with E-state index < -0.39 is 11.8 Å². The number of esters is 1. The molecule has 0 saturated heterocycles. The van der Waals surface area contributed by atoms with Crippen molar-refractivity contribution in [2.24, 2.45) is 11.8 Å². The van der Waals surface area contributed by atoms with Crippen LogP contribution in [0.1, 0.15) is 43.5 Å². The molecule has 22 heavy (non-hydrogen) atoms. The summed E-state index contributed by atoms with van der Waals surface area (Å²) in [7, 11) is 0. The van der Waals surface area contributed by atoms with Crippen molar-refractivity contribution in [3.05, 3.63) is 35.6 Å². The highest BCUT2D eigenvalue weighted by Crippen LogP contribution is 2.29. The summed E-state index contributed by atoms with van der Waals surface area (Å²) < 4.78 is 18.0. The number of hydrogen-bond donors (Lipinski definition) is 1. The van der Waals surface area contributed by atoms with E-state index in [2.05, 4.69) is 19.2 Å². The molecule has 1 amide bonds. The largest absolute Gasteiger partial charge is 0.452 e. The number of carbonyl (C=O) groups excluding carboxylic acids is 2. The van der Waals surface area contributed by atoms with Crippen molar-refractivity contribution >= 4 is 11.9 Å². The summed E-state index contributed by atoms with van der Waals surface area (Å²) in [6.07, 6.45) is 3.23. The average molecular weight is 307 g/mol. The zero-order chi connectivity index (χ0) is 16.1. The van der Waals surface area contributed by atoms with Crippen molar-refractivity contribution in [1.82, 2.24) is 5.32 Å². The minimum absolute atomic E-state index is 0.104. The quantitative estimate of drug-likeness (QED) is 0.870. The highest BCUT2D eigenvalue weighted by atomic mass is 19.1. The van der Waals surface area contributed by atoms with E-state index >= 15 is 0 Å². The number of amides is 1. The molecule has 0 heterocycles. The molecule has 0 radical (unpaired) electrons. The zero-order valence-electron chi connectivity index (χ0n) is 13.0. The summed E-state index contributed by atoms with van der Waals surface area (Å²) in [6, 6.07) is 5.34. The fraction of sp³-hybridized carbons (Fsp3) is 0.529. The van der Waals surface area contributed by atoms with E-state index in [1.807, 2.05) is 0 Å². The average Bonchev–Trinajstić information content (AvgIpc) is 2.49. The minimum Gasteiger partial charge on any atom is -0.452 e. The normalized spacial score (nSPS) is 24.6. The number of carbonyl (C=O) groups is 2. The van der Waals surface area contributed by atoms with Crippen LogP contribution in [-0.2, 0) is 9.53 Å². The number of rotatable bonds is 4. The Labute approximate surface area is 130 Å². The number of hydrogen-bond acceptors (Lipinski definition) is 3. The second-order valence-electron chi connectivity index (χ2n) is 6.03. The van der Waals surface area contributed by atoms with E-state index in [0.29, 0.717) is 11.8 Å². The van der Waals surface area contributed by atoms with Gasteiger partial charge >= 0.3 is 5.97 Å². The van der Waals surface area contributed by atoms with E-state index in [1.54, 1.807) is 0 Å². The molecule has 0 bridgehead atoms. The van der Waals surface area contributed by atoms with Crippen molar-refractivity contribution in [2.45, 2.75) is 39.2 Å². The summed E-state index contributed by atoms with van der Waals surface area (Å²) >= 11 is 0. The molecule has 0 aromatic heterocycles. The standard InChI is InChI=1S/C17H22FNO3/c1-11-5-3-8-15(12(11)2)19-16(20)10-22-17(21)13-6-4-7-14(18)9-13/h4,6-7,9,11-12,15H,3,5,8,10H2,1-2H3,(H,19,20)/t11-,12+,15+/m0/s1. The summed E-state index contributed by atoms with van der Waals surface area (Å²) in [5.74, 6) is -0.523. The topological polar surface area (TPSA) is 55.4 Å². The Morgan fingerprint density at radius 1 is 1.32 bits per heavy atom. The van der Waals surface area contributed by atoms with Crippen LogP contribution < -0.4 is 5.32 Å². The third-order valence-electron chi connectivity index (χ3n) is 4.45. The molecule has 1 saturated carbocycles. The van der Waals surface area contributed by atoms with Gasteiger partial charge < -0.3 is 10.1 Å². The Bertz CT molecular complexity index is 546. The van der Waals surface area contributed by atoms with Crippen molar-refractivity contribution in [3.8, 4) is 0 Å². The molecule has 0 unspecified atom stereocenters. The minimum atomic E-state index is -0.695. The fourth-order valence-electron chi connectivity index (χ4n) is 2.86. The van der Waals surface area contributed by atoms with Crippen LogP contribution in [0.2, 0.25) is 0 Å². The first-order valence-corrected chi connectivity index (χ1v) is 7.69. The number of benzene rings is 1. The second kappa shape index (κ2) is 7.38. The maximum Gasteiger partial charge on any atom is 0.338 e. The van der Waals surface area contributed by atoms with Gasteiger partial charge in [0.15, 0.2) is 6.61 Å². The molecular formula is C17H22FNO3. The molecule has 1 aliphatic carbocycles. The highest BCUT2D eigenvalue weighted by Gasteiger charge is 2.28. The molecule has 120 valence electrons. The third kappa shape index (κ3) is 4.29. The van der Waals surface area contributed by atoms with Crippen LogP contribution in [0.4, 0.5) is 4.39 Å². The Morgan fingerprint density at radius 2 is 2.09 bits per heavy atom. The van der Waals surface area contributed by atoms with Crippen LogP contribution in [0, 0.1) is 17.7 Å². The van der Waals surface area contributed by atoms with Gasteiger partial charge in [-0.25, -0.2) is 9.18 Å². The lowest BCUT2D eigenvalue weighted by Crippen LogP contribution is -2.45. The molecule has 4 nitrogen and oxygen atoms in total. The zero-order valence-corrected chi connectivity index (χ0v) is 13.0. The van der Waals surface area contributed by atoms with E-state index in [9.17, 15) is 14.0 Å². The predicted octanol–water partition coefficient (Wildman–Crippen LogP) is 2.92. The van der Waals surface area contributed by atoms with Gasteiger partial charge in [-0.3, -0.25) is 4.79 Å².